The molecule has 104 valence electrons. The molecular weight excluding hydrogens is 285 g/mol. The first-order chi connectivity index (χ1) is 9.51. The second-order valence-electron chi connectivity index (χ2n) is 3.77. The topological polar surface area (TPSA) is 75.6 Å². The first kappa shape index (κ1) is 14.0. The number of thiophene rings is 1. The zero-order valence-electron chi connectivity index (χ0n) is 10.3. The van der Waals surface area contributed by atoms with Crippen LogP contribution in [0.1, 0.15) is 19.3 Å². The van der Waals surface area contributed by atoms with Crippen LogP contribution < -0.4 is 10.1 Å². The average Bonchev–Trinajstić information content (AvgIpc) is 2.88. The number of hydrogen-bond donors (Lipinski definition) is 2. The Morgan fingerprint density at radius 3 is 2.50 bits per heavy atom. The Morgan fingerprint density at radius 1 is 1.25 bits per heavy atom. The Labute approximate surface area is 117 Å². The third-order valence-corrected chi connectivity index (χ3v) is 3.52. The van der Waals surface area contributed by atoms with E-state index in [2.05, 4.69) is 5.32 Å². The molecule has 0 aliphatic rings. The highest BCUT2D eigenvalue weighted by molar-refractivity contribution is 7.15. The third kappa shape index (κ3) is 2.94. The molecule has 0 aliphatic heterocycles. The lowest BCUT2D eigenvalue weighted by molar-refractivity contribution is 0.0702. The molecule has 0 spiro atoms. The van der Waals surface area contributed by atoms with Crippen LogP contribution in [0.25, 0.3) is 0 Å². The van der Waals surface area contributed by atoms with Crippen LogP contribution in [0.3, 0.4) is 0 Å². The van der Waals surface area contributed by atoms with E-state index in [0.29, 0.717) is 0 Å². The fraction of sp³-hybridized carbons (Fsp3) is 0.0769. The molecule has 1 aromatic carbocycles. The van der Waals surface area contributed by atoms with Crippen LogP contribution in [0.5, 0.6) is 5.75 Å². The zero-order chi connectivity index (χ0) is 14.7. The summed E-state index contributed by atoms with van der Waals surface area (Å²) in [6.07, 6.45) is 0. The van der Waals surface area contributed by atoms with Gasteiger partial charge in [-0.15, -0.1) is 11.3 Å². The number of rotatable bonds is 4. The van der Waals surface area contributed by atoms with Gasteiger partial charge in [-0.05, 0) is 24.3 Å². The molecule has 5 nitrogen and oxygen atoms in total. The lowest BCUT2D eigenvalue weighted by Gasteiger charge is -2.06. The number of methoxy groups -OCH3 is 1. The van der Waals surface area contributed by atoms with Gasteiger partial charge in [0.15, 0.2) is 11.6 Å². The van der Waals surface area contributed by atoms with E-state index in [1.165, 1.54) is 31.4 Å². The first-order valence-electron chi connectivity index (χ1n) is 5.49. The van der Waals surface area contributed by atoms with Crippen LogP contribution in [0.2, 0.25) is 0 Å². The standard InChI is InChI=1S/C13H10FNO4S/c1-19-9-3-2-7(6-8(9)14)15-12(16)10-4-5-11(20-10)13(17)18/h2-6H,1H3,(H,15,16)(H,17,18). The molecule has 0 bridgehead atoms. The van der Waals surface area contributed by atoms with Gasteiger partial charge in [0.1, 0.15) is 4.88 Å². The Kier molecular flexibility index (Phi) is 3.99. The monoisotopic (exact) mass is 295 g/mol. The minimum atomic E-state index is -1.09. The Hall–Kier alpha value is -2.41. The number of ether oxygens (including phenoxy) is 1. The van der Waals surface area contributed by atoms with Gasteiger partial charge in [-0.1, -0.05) is 0 Å². The summed E-state index contributed by atoms with van der Waals surface area (Å²) >= 11 is 0.850. The van der Waals surface area contributed by atoms with Crippen molar-refractivity contribution >= 4 is 28.9 Å². The Bertz CT molecular complexity index is 668. The van der Waals surface area contributed by atoms with Gasteiger partial charge in [0.2, 0.25) is 0 Å². The minimum Gasteiger partial charge on any atom is -0.494 e. The fourth-order valence-electron chi connectivity index (χ4n) is 1.51. The Morgan fingerprint density at radius 2 is 1.95 bits per heavy atom. The maximum atomic E-state index is 13.5. The number of anilines is 1. The van der Waals surface area contributed by atoms with Crippen molar-refractivity contribution in [3.8, 4) is 5.75 Å². The number of nitrogens with one attached hydrogen (secondary N) is 1. The van der Waals surface area contributed by atoms with Crippen molar-refractivity contribution < 1.29 is 23.8 Å². The van der Waals surface area contributed by atoms with Crippen LogP contribution in [0, 0.1) is 5.82 Å². The van der Waals surface area contributed by atoms with Crippen molar-refractivity contribution in [1.29, 1.82) is 0 Å². The number of amides is 1. The highest BCUT2D eigenvalue weighted by Crippen LogP contribution is 2.22. The van der Waals surface area contributed by atoms with Gasteiger partial charge in [-0.3, -0.25) is 4.79 Å². The highest BCUT2D eigenvalue weighted by atomic mass is 32.1. The second-order valence-corrected chi connectivity index (χ2v) is 4.86. The van der Waals surface area contributed by atoms with E-state index in [1.54, 1.807) is 0 Å². The number of aromatic carboxylic acids is 1. The molecule has 0 aliphatic carbocycles. The molecule has 2 rings (SSSR count). The molecule has 0 saturated carbocycles. The zero-order valence-corrected chi connectivity index (χ0v) is 11.2. The maximum Gasteiger partial charge on any atom is 0.345 e. The Balaban J connectivity index is 2.14. The van der Waals surface area contributed by atoms with Crippen molar-refractivity contribution in [3.05, 3.63) is 45.9 Å². The van der Waals surface area contributed by atoms with E-state index in [0.717, 1.165) is 17.4 Å². The lowest BCUT2D eigenvalue weighted by Crippen LogP contribution is -2.10. The van der Waals surface area contributed by atoms with E-state index in [9.17, 15) is 14.0 Å². The largest absolute Gasteiger partial charge is 0.494 e. The highest BCUT2D eigenvalue weighted by Gasteiger charge is 2.13. The molecule has 0 radical (unpaired) electrons. The second kappa shape index (κ2) is 5.70. The fourth-order valence-corrected chi connectivity index (χ4v) is 2.25. The maximum absolute atomic E-state index is 13.5. The van der Waals surface area contributed by atoms with Crippen molar-refractivity contribution in [1.82, 2.24) is 0 Å². The van der Waals surface area contributed by atoms with E-state index in [4.69, 9.17) is 9.84 Å². The molecule has 0 fully saturated rings. The number of carbonyl (C=O) groups is 2. The van der Waals surface area contributed by atoms with Gasteiger partial charge in [0.25, 0.3) is 5.91 Å². The summed E-state index contributed by atoms with van der Waals surface area (Å²) in [6.45, 7) is 0. The molecular formula is C13H10FNO4S. The SMILES string of the molecule is COc1ccc(NC(=O)c2ccc(C(=O)O)s2)cc1F. The van der Waals surface area contributed by atoms with Crippen LogP contribution in [0.4, 0.5) is 10.1 Å². The molecule has 1 amide bonds. The summed E-state index contributed by atoms with van der Waals surface area (Å²) in [5, 5.41) is 11.3. The molecule has 0 unspecified atom stereocenters. The van der Waals surface area contributed by atoms with Crippen LogP contribution in [-0.4, -0.2) is 24.1 Å². The van der Waals surface area contributed by atoms with Gasteiger partial charge in [0.05, 0.1) is 12.0 Å². The van der Waals surface area contributed by atoms with Crippen LogP contribution in [0.15, 0.2) is 30.3 Å². The lowest BCUT2D eigenvalue weighted by atomic mass is 10.3. The summed E-state index contributed by atoms with van der Waals surface area (Å²) < 4.78 is 18.2. The number of carboxylic acids is 1. The average molecular weight is 295 g/mol. The smallest absolute Gasteiger partial charge is 0.345 e. The summed E-state index contributed by atoms with van der Waals surface area (Å²) in [6, 6.07) is 6.76. The van der Waals surface area contributed by atoms with Crippen molar-refractivity contribution in [2.24, 2.45) is 0 Å². The molecule has 0 saturated heterocycles. The van der Waals surface area contributed by atoms with Crippen molar-refractivity contribution in [2.75, 3.05) is 12.4 Å². The normalized spacial score (nSPS) is 10.1. The summed E-state index contributed by atoms with van der Waals surface area (Å²) in [7, 11) is 1.34. The molecule has 0 atom stereocenters. The van der Waals surface area contributed by atoms with Crippen molar-refractivity contribution in [3.63, 3.8) is 0 Å². The predicted molar refractivity (Wildman–Crippen MR) is 72.2 cm³/mol. The van der Waals surface area contributed by atoms with Gasteiger partial charge in [0, 0.05) is 11.8 Å². The molecule has 1 aromatic heterocycles. The molecule has 20 heavy (non-hydrogen) atoms. The van der Waals surface area contributed by atoms with E-state index >= 15 is 0 Å². The van der Waals surface area contributed by atoms with E-state index in [-0.39, 0.29) is 21.2 Å². The number of carbonyl (C=O) groups excluding carboxylic acids is 1. The minimum absolute atomic E-state index is 0.0658. The van der Waals surface area contributed by atoms with Crippen LogP contribution >= 0.6 is 11.3 Å². The number of benzene rings is 1. The third-order valence-electron chi connectivity index (χ3n) is 2.45. The summed E-state index contributed by atoms with van der Waals surface area (Å²) in [5.41, 5.74) is 0.263. The molecule has 7 heteroatoms. The van der Waals surface area contributed by atoms with Crippen LogP contribution in [-0.2, 0) is 0 Å². The quantitative estimate of drug-likeness (QED) is 0.909. The van der Waals surface area contributed by atoms with Gasteiger partial charge in [-0.25, -0.2) is 9.18 Å². The first-order valence-corrected chi connectivity index (χ1v) is 6.31. The van der Waals surface area contributed by atoms with Gasteiger partial charge < -0.3 is 15.2 Å². The van der Waals surface area contributed by atoms with Crippen molar-refractivity contribution in [2.45, 2.75) is 0 Å². The molecule has 2 aromatic rings. The van der Waals surface area contributed by atoms with E-state index in [1.807, 2.05) is 0 Å². The summed E-state index contributed by atoms with van der Waals surface area (Å²) in [4.78, 5) is 22.9. The number of halogens is 1. The van der Waals surface area contributed by atoms with E-state index < -0.39 is 17.7 Å². The predicted octanol–water partition coefficient (Wildman–Crippen LogP) is 2.85. The molecule has 2 N–H and O–H groups in total. The summed E-state index contributed by atoms with van der Waals surface area (Å²) in [5.74, 6) is -2.11. The number of hydrogen-bond acceptors (Lipinski definition) is 4. The van der Waals surface area contributed by atoms with Gasteiger partial charge in [-0.2, -0.15) is 0 Å². The van der Waals surface area contributed by atoms with Gasteiger partial charge >= 0.3 is 5.97 Å². The molecule has 1 heterocycles. The number of carboxylic acid groups (broad SMARTS) is 1.